The molecule has 0 spiro atoms. The summed E-state index contributed by atoms with van der Waals surface area (Å²) in [5.74, 6) is -0.0249. The van der Waals surface area contributed by atoms with E-state index >= 15 is 0 Å². The summed E-state index contributed by atoms with van der Waals surface area (Å²) in [7, 11) is 1.81. The number of carbonyl (C=O) groups is 1. The van der Waals surface area contributed by atoms with E-state index in [1.807, 2.05) is 67.7 Å². The highest BCUT2D eigenvalue weighted by molar-refractivity contribution is 6.00. The molecule has 114 valence electrons. The number of rotatable bonds is 4. The number of aromatic nitrogens is 2. The lowest BCUT2D eigenvalue weighted by atomic mass is 10.0. The lowest BCUT2D eigenvalue weighted by Gasteiger charge is -2.19. The Morgan fingerprint density at radius 1 is 1.00 bits per heavy atom. The first kappa shape index (κ1) is 14.9. The highest BCUT2D eigenvalue weighted by atomic mass is 16.2. The lowest BCUT2D eigenvalue weighted by molar-refractivity contribution is 0.0786. The first-order valence-electron chi connectivity index (χ1n) is 7.40. The van der Waals surface area contributed by atoms with Gasteiger partial charge in [-0.15, -0.1) is 0 Å². The van der Waals surface area contributed by atoms with Crippen LogP contribution >= 0.6 is 0 Å². The van der Waals surface area contributed by atoms with Gasteiger partial charge in [-0.3, -0.25) is 4.79 Å². The molecule has 0 aliphatic carbocycles. The van der Waals surface area contributed by atoms with Crippen LogP contribution in [0.4, 0.5) is 0 Å². The van der Waals surface area contributed by atoms with Gasteiger partial charge in [-0.05, 0) is 17.7 Å². The van der Waals surface area contributed by atoms with Crippen molar-refractivity contribution >= 4 is 5.91 Å². The Morgan fingerprint density at radius 2 is 1.74 bits per heavy atom. The molecule has 3 rings (SSSR count). The quantitative estimate of drug-likeness (QED) is 0.742. The van der Waals surface area contributed by atoms with Crippen molar-refractivity contribution in [3.05, 3.63) is 84.3 Å². The lowest BCUT2D eigenvalue weighted by Crippen LogP contribution is -2.26. The van der Waals surface area contributed by atoms with Gasteiger partial charge in [-0.25, -0.2) is 9.97 Å². The Bertz CT molecular complexity index is 788. The summed E-state index contributed by atoms with van der Waals surface area (Å²) in [6, 6.07) is 19.3. The van der Waals surface area contributed by atoms with E-state index in [0.717, 1.165) is 16.8 Å². The molecule has 0 N–H and O–H groups in total. The van der Waals surface area contributed by atoms with Gasteiger partial charge in [0, 0.05) is 30.9 Å². The Hall–Kier alpha value is -3.01. The van der Waals surface area contributed by atoms with E-state index in [-0.39, 0.29) is 5.91 Å². The zero-order valence-electron chi connectivity index (χ0n) is 12.9. The van der Waals surface area contributed by atoms with E-state index in [4.69, 9.17) is 0 Å². The molecule has 0 radical (unpaired) electrons. The average Bonchev–Trinajstić information content (AvgIpc) is 2.62. The molecule has 0 aliphatic heterocycles. The summed E-state index contributed by atoms with van der Waals surface area (Å²) >= 11 is 0. The molecule has 2 aromatic carbocycles. The standard InChI is InChI=1S/C19H17N3O/c1-22(13-15-7-3-2-4-8-15)19(23)17-10-6-5-9-16(17)18-11-12-20-14-21-18/h2-12,14H,13H2,1H3. The van der Waals surface area contributed by atoms with Crippen LogP contribution < -0.4 is 0 Å². The van der Waals surface area contributed by atoms with E-state index in [2.05, 4.69) is 9.97 Å². The van der Waals surface area contributed by atoms with Crippen LogP contribution in [0.5, 0.6) is 0 Å². The van der Waals surface area contributed by atoms with Crippen LogP contribution in [0.3, 0.4) is 0 Å². The van der Waals surface area contributed by atoms with Crippen molar-refractivity contribution in [3.8, 4) is 11.3 Å². The van der Waals surface area contributed by atoms with Gasteiger partial charge in [-0.2, -0.15) is 0 Å². The fourth-order valence-corrected chi connectivity index (χ4v) is 2.48. The molecule has 0 aliphatic rings. The number of carbonyl (C=O) groups excluding carboxylic acids is 1. The number of amides is 1. The zero-order chi connectivity index (χ0) is 16.1. The number of benzene rings is 2. The summed E-state index contributed by atoms with van der Waals surface area (Å²) < 4.78 is 0. The third kappa shape index (κ3) is 3.43. The van der Waals surface area contributed by atoms with E-state index in [1.165, 1.54) is 6.33 Å². The number of hydrogen-bond acceptors (Lipinski definition) is 3. The zero-order valence-corrected chi connectivity index (χ0v) is 12.9. The Balaban J connectivity index is 1.88. The third-order valence-electron chi connectivity index (χ3n) is 3.62. The predicted molar refractivity (Wildman–Crippen MR) is 89.7 cm³/mol. The third-order valence-corrected chi connectivity index (χ3v) is 3.62. The molecule has 4 nitrogen and oxygen atoms in total. The molecule has 0 bridgehead atoms. The van der Waals surface area contributed by atoms with Gasteiger partial charge in [0.1, 0.15) is 6.33 Å². The van der Waals surface area contributed by atoms with Crippen LogP contribution in [0.1, 0.15) is 15.9 Å². The van der Waals surface area contributed by atoms with Crippen molar-refractivity contribution < 1.29 is 4.79 Å². The molecular formula is C19H17N3O. The van der Waals surface area contributed by atoms with E-state index in [1.54, 1.807) is 11.1 Å². The smallest absolute Gasteiger partial charge is 0.254 e. The van der Waals surface area contributed by atoms with Gasteiger partial charge in [0.15, 0.2) is 0 Å². The van der Waals surface area contributed by atoms with Crippen molar-refractivity contribution in [2.24, 2.45) is 0 Å². The molecule has 4 heteroatoms. The molecule has 1 aromatic heterocycles. The molecule has 0 fully saturated rings. The normalized spacial score (nSPS) is 10.3. The Morgan fingerprint density at radius 3 is 2.48 bits per heavy atom. The summed E-state index contributed by atoms with van der Waals surface area (Å²) in [6.45, 7) is 0.567. The fraction of sp³-hybridized carbons (Fsp3) is 0.105. The van der Waals surface area contributed by atoms with E-state index in [9.17, 15) is 4.79 Å². The van der Waals surface area contributed by atoms with Gasteiger partial charge >= 0.3 is 0 Å². The maximum absolute atomic E-state index is 12.8. The summed E-state index contributed by atoms with van der Waals surface area (Å²) in [4.78, 5) is 22.7. The van der Waals surface area contributed by atoms with Gasteiger partial charge in [0.25, 0.3) is 5.91 Å². The minimum atomic E-state index is -0.0249. The molecule has 23 heavy (non-hydrogen) atoms. The van der Waals surface area contributed by atoms with Gasteiger partial charge in [-0.1, -0.05) is 48.5 Å². The minimum absolute atomic E-state index is 0.0249. The SMILES string of the molecule is CN(Cc1ccccc1)C(=O)c1ccccc1-c1ccncn1. The first-order valence-corrected chi connectivity index (χ1v) is 7.40. The van der Waals surface area contributed by atoms with Crippen LogP contribution in [0.2, 0.25) is 0 Å². The topological polar surface area (TPSA) is 46.1 Å². The van der Waals surface area contributed by atoms with Crippen molar-refractivity contribution in [1.82, 2.24) is 14.9 Å². The summed E-state index contributed by atoms with van der Waals surface area (Å²) in [5, 5.41) is 0. The Labute approximate surface area is 135 Å². The monoisotopic (exact) mass is 303 g/mol. The average molecular weight is 303 g/mol. The second kappa shape index (κ2) is 6.83. The Kier molecular flexibility index (Phi) is 4.43. The molecular weight excluding hydrogens is 286 g/mol. The van der Waals surface area contributed by atoms with Crippen molar-refractivity contribution in [3.63, 3.8) is 0 Å². The highest BCUT2D eigenvalue weighted by Gasteiger charge is 2.17. The van der Waals surface area contributed by atoms with Gasteiger partial charge in [0.05, 0.1) is 5.69 Å². The molecule has 3 aromatic rings. The van der Waals surface area contributed by atoms with Crippen LogP contribution in [0.15, 0.2) is 73.2 Å². The maximum Gasteiger partial charge on any atom is 0.254 e. The minimum Gasteiger partial charge on any atom is -0.337 e. The van der Waals surface area contributed by atoms with Crippen molar-refractivity contribution in [1.29, 1.82) is 0 Å². The second-order valence-corrected chi connectivity index (χ2v) is 5.29. The fourth-order valence-electron chi connectivity index (χ4n) is 2.48. The predicted octanol–water partition coefficient (Wildman–Crippen LogP) is 3.42. The van der Waals surface area contributed by atoms with Crippen LogP contribution in [-0.2, 0) is 6.54 Å². The highest BCUT2D eigenvalue weighted by Crippen LogP contribution is 2.22. The van der Waals surface area contributed by atoms with Crippen molar-refractivity contribution in [2.75, 3.05) is 7.05 Å². The number of nitrogens with zero attached hydrogens (tertiary/aromatic N) is 3. The van der Waals surface area contributed by atoms with Gasteiger partial charge in [0.2, 0.25) is 0 Å². The van der Waals surface area contributed by atoms with Crippen LogP contribution in [0.25, 0.3) is 11.3 Å². The summed E-state index contributed by atoms with van der Waals surface area (Å²) in [5.41, 5.74) is 3.31. The molecule has 1 heterocycles. The van der Waals surface area contributed by atoms with Crippen molar-refractivity contribution in [2.45, 2.75) is 6.54 Å². The molecule has 0 unspecified atom stereocenters. The second-order valence-electron chi connectivity index (χ2n) is 5.29. The van der Waals surface area contributed by atoms with Crippen LogP contribution in [-0.4, -0.2) is 27.8 Å². The summed E-state index contributed by atoms with van der Waals surface area (Å²) in [6.07, 6.45) is 3.17. The first-order chi connectivity index (χ1) is 11.3. The molecule has 0 atom stereocenters. The van der Waals surface area contributed by atoms with Crippen LogP contribution in [0, 0.1) is 0 Å². The van der Waals surface area contributed by atoms with E-state index < -0.39 is 0 Å². The largest absolute Gasteiger partial charge is 0.337 e. The molecule has 1 amide bonds. The maximum atomic E-state index is 12.8. The van der Waals surface area contributed by atoms with E-state index in [0.29, 0.717) is 12.1 Å². The molecule has 0 saturated carbocycles. The number of hydrogen-bond donors (Lipinski definition) is 0. The van der Waals surface area contributed by atoms with Gasteiger partial charge < -0.3 is 4.90 Å². The molecule has 0 saturated heterocycles.